The number of benzene rings is 1. The van der Waals surface area contributed by atoms with E-state index in [1.165, 1.54) is 0 Å². The summed E-state index contributed by atoms with van der Waals surface area (Å²) in [5.74, 6) is 1.29. The van der Waals surface area contributed by atoms with Crippen LogP contribution in [-0.2, 0) is 6.54 Å². The van der Waals surface area contributed by atoms with Crippen LogP contribution in [0.25, 0.3) is 16.9 Å². The lowest BCUT2D eigenvalue weighted by Gasteiger charge is -2.38. The molecule has 1 saturated heterocycles. The van der Waals surface area contributed by atoms with Crippen molar-refractivity contribution >= 4 is 5.52 Å². The van der Waals surface area contributed by atoms with E-state index in [1.807, 2.05) is 40.9 Å². The van der Waals surface area contributed by atoms with Gasteiger partial charge in [0.2, 0.25) is 5.88 Å². The molecule has 8 heteroatoms. The molecule has 0 bridgehead atoms. The summed E-state index contributed by atoms with van der Waals surface area (Å²) in [6, 6.07) is 9.85. The Kier molecular flexibility index (Phi) is 4.10. The summed E-state index contributed by atoms with van der Waals surface area (Å²) < 4.78 is 7.63. The van der Waals surface area contributed by atoms with Crippen LogP contribution in [0.1, 0.15) is 5.69 Å². The van der Waals surface area contributed by atoms with Crippen LogP contribution in [-0.4, -0.2) is 48.4 Å². The van der Waals surface area contributed by atoms with Crippen LogP contribution < -0.4 is 10.3 Å². The number of hydrogen-bond acceptors (Lipinski definition) is 6. The second-order valence-corrected chi connectivity index (χ2v) is 6.79. The normalized spacial score (nSPS) is 14.9. The first-order valence-corrected chi connectivity index (χ1v) is 9.06. The summed E-state index contributed by atoms with van der Waals surface area (Å²) in [7, 11) is 0. The molecule has 1 aliphatic heterocycles. The molecule has 1 N–H and O–H groups in total. The first kappa shape index (κ1) is 16.6. The smallest absolute Gasteiger partial charge is 0.274 e. The first-order chi connectivity index (χ1) is 13.8. The second-order valence-electron chi connectivity index (χ2n) is 6.79. The average molecular weight is 374 g/mol. The van der Waals surface area contributed by atoms with Crippen molar-refractivity contribution in [2.24, 2.45) is 0 Å². The first-order valence-electron chi connectivity index (χ1n) is 9.06. The van der Waals surface area contributed by atoms with Gasteiger partial charge >= 0.3 is 0 Å². The SMILES string of the molecule is O=c1[nH]c(CN2CC(Oc3cnccn3)C2)cn2c(-c3ccccc3)ncc12. The fraction of sp³-hybridized carbons (Fsp3) is 0.200. The number of nitrogens with zero attached hydrogens (tertiary/aromatic N) is 5. The van der Waals surface area contributed by atoms with E-state index in [-0.39, 0.29) is 11.7 Å². The molecule has 0 amide bonds. The predicted molar refractivity (Wildman–Crippen MR) is 103 cm³/mol. The Hall–Kier alpha value is -3.52. The fourth-order valence-electron chi connectivity index (χ4n) is 3.42. The van der Waals surface area contributed by atoms with Crippen molar-refractivity contribution in [1.29, 1.82) is 0 Å². The molecule has 28 heavy (non-hydrogen) atoms. The van der Waals surface area contributed by atoms with Crippen LogP contribution >= 0.6 is 0 Å². The summed E-state index contributed by atoms with van der Waals surface area (Å²) >= 11 is 0. The number of likely N-dealkylation sites (tertiary alicyclic amines) is 1. The van der Waals surface area contributed by atoms with Gasteiger partial charge in [-0.15, -0.1) is 0 Å². The Morgan fingerprint density at radius 3 is 2.75 bits per heavy atom. The van der Waals surface area contributed by atoms with Crippen LogP contribution in [0.15, 0.2) is 66.1 Å². The predicted octanol–water partition coefficient (Wildman–Crippen LogP) is 1.74. The number of nitrogens with one attached hydrogen (secondary N) is 1. The highest BCUT2D eigenvalue weighted by molar-refractivity contribution is 5.61. The Morgan fingerprint density at radius 1 is 1.11 bits per heavy atom. The topological polar surface area (TPSA) is 88.4 Å². The van der Waals surface area contributed by atoms with Crippen LogP contribution in [0.5, 0.6) is 5.88 Å². The summed E-state index contributed by atoms with van der Waals surface area (Å²) in [5, 5.41) is 0. The maximum Gasteiger partial charge on any atom is 0.274 e. The fourth-order valence-corrected chi connectivity index (χ4v) is 3.42. The average Bonchev–Trinajstić information content (AvgIpc) is 3.12. The van der Waals surface area contributed by atoms with E-state index in [9.17, 15) is 4.79 Å². The molecule has 8 nitrogen and oxygen atoms in total. The maximum atomic E-state index is 12.5. The molecule has 1 fully saturated rings. The highest BCUT2D eigenvalue weighted by Crippen LogP contribution is 2.20. The number of imidazole rings is 1. The Morgan fingerprint density at radius 2 is 1.96 bits per heavy atom. The van der Waals surface area contributed by atoms with Crippen LogP contribution in [0.4, 0.5) is 0 Å². The van der Waals surface area contributed by atoms with Crippen LogP contribution in [0, 0.1) is 0 Å². The van der Waals surface area contributed by atoms with Crippen molar-refractivity contribution in [3.63, 3.8) is 0 Å². The highest BCUT2D eigenvalue weighted by atomic mass is 16.5. The van der Waals surface area contributed by atoms with E-state index < -0.39 is 0 Å². The number of fused-ring (bicyclic) bond motifs is 1. The van der Waals surface area contributed by atoms with Gasteiger partial charge in [0.25, 0.3) is 5.56 Å². The Labute approximate surface area is 160 Å². The van der Waals surface area contributed by atoms with Crippen molar-refractivity contribution in [2.75, 3.05) is 13.1 Å². The van der Waals surface area contributed by atoms with Crippen molar-refractivity contribution in [3.05, 3.63) is 77.4 Å². The zero-order chi connectivity index (χ0) is 18.9. The lowest BCUT2D eigenvalue weighted by atomic mass is 10.1. The van der Waals surface area contributed by atoms with E-state index >= 15 is 0 Å². The monoisotopic (exact) mass is 374 g/mol. The maximum absolute atomic E-state index is 12.5. The number of rotatable bonds is 5. The number of aromatic nitrogens is 5. The van der Waals surface area contributed by atoms with Gasteiger partial charge in [0.1, 0.15) is 17.4 Å². The zero-order valence-electron chi connectivity index (χ0n) is 15.0. The van der Waals surface area contributed by atoms with E-state index in [1.54, 1.807) is 24.8 Å². The van der Waals surface area contributed by atoms with Gasteiger partial charge in [0, 0.05) is 49.5 Å². The minimum Gasteiger partial charge on any atom is -0.471 e. The minimum atomic E-state index is -0.139. The standard InChI is InChI=1S/C20H18N6O2/c27-20-17-8-23-19(14-4-2-1-3-5-14)26(17)11-15(24-20)10-25-12-16(13-25)28-18-9-21-6-7-22-18/h1-9,11,16H,10,12-13H2,(H,24,27). The largest absolute Gasteiger partial charge is 0.471 e. The Balaban J connectivity index is 1.32. The number of H-pyrrole nitrogens is 1. The van der Waals surface area contributed by atoms with Crippen molar-refractivity contribution < 1.29 is 4.74 Å². The molecular weight excluding hydrogens is 356 g/mol. The van der Waals surface area contributed by atoms with Gasteiger partial charge in [-0.05, 0) is 0 Å². The second kappa shape index (κ2) is 6.90. The van der Waals surface area contributed by atoms with E-state index in [4.69, 9.17) is 4.74 Å². The van der Waals surface area contributed by atoms with Gasteiger partial charge in [-0.2, -0.15) is 0 Å². The number of ether oxygens (including phenoxy) is 1. The van der Waals surface area contributed by atoms with Gasteiger partial charge in [-0.3, -0.25) is 19.1 Å². The molecule has 3 aromatic heterocycles. The third-order valence-electron chi connectivity index (χ3n) is 4.77. The van der Waals surface area contributed by atoms with Crippen LogP contribution in [0.2, 0.25) is 0 Å². The van der Waals surface area contributed by atoms with Gasteiger partial charge in [0.15, 0.2) is 0 Å². The summed E-state index contributed by atoms with van der Waals surface area (Å²) in [5.41, 5.74) is 2.21. The van der Waals surface area contributed by atoms with E-state index in [0.717, 1.165) is 30.2 Å². The molecule has 0 atom stereocenters. The number of hydrogen-bond donors (Lipinski definition) is 1. The molecule has 4 heterocycles. The summed E-state index contributed by atoms with van der Waals surface area (Å²) in [4.78, 5) is 30.2. The van der Waals surface area contributed by atoms with Crippen molar-refractivity contribution in [2.45, 2.75) is 12.6 Å². The van der Waals surface area contributed by atoms with Gasteiger partial charge in [-0.1, -0.05) is 30.3 Å². The quantitative estimate of drug-likeness (QED) is 0.572. The molecule has 0 radical (unpaired) electrons. The molecule has 140 valence electrons. The summed E-state index contributed by atoms with van der Waals surface area (Å²) in [6.45, 7) is 2.18. The summed E-state index contributed by atoms with van der Waals surface area (Å²) in [6.07, 6.45) is 8.48. The van der Waals surface area contributed by atoms with Crippen molar-refractivity contribution in [1.82, 2.24) is 29.2 Å². The van der Waals surface area contributed by atoms with Crippen molar-refractivity contribution in [3.8, 4) is 17.3 Å². The molecule has 1 aromatic carbocycles. The third kappa shape index (κ3) is 3.14. The highest BCUT2D eigenvalue weighted by Gasteiger charge is 2.29. The molecule has 5 rings (SSSR count). The molecule has 0 aliphatic carbocycles. The molecular formula is C20H18N6O2. The molecule has 4 aromatic rings. The number of aromatic amines is 1. The molecule has 0 spiro atoms. The lowest BCUT2D eigenvalue weighted by Crippen LogP contribution is -2.53. The Bertz CT molecular complexity index is 1150. The molecule has 1 aliphatic rings. The molecule has 0 unspecified atom stereocenters. The minimum absolute atomic E-state index is 0.0836. The third-order valence-corrected chi connectivity index (χ3v) is 4.77. The van der Waals surface area contributed by atoms with E-state index in [0.29, 0.717) is 17.9 Å². The van der Waals surface area contributed by atoms with Gasteiger partial charge in [-0.25, -0.2) is 9.97 Å². The van der Waals surface area contributed by atoms with Crippen LogP contribution in [0.3, 0.4) is 0 Å². The zero-order valence-corrected chi connectivity index (χ0v) is 15.0. The van der Waals surface area contributed by atoms with Gasteiger partial charge in [0.05, 0.1) is 12.4 Å². The lowest BCUT2D eigenvalue weighted by molar-refractivity contribution is 0.0107. The van der Waals surface area contributed by atoms with E-state index in [2.05, 4.69) is 24.8 Å². The van der Waals surface area contributed by atoms with Gasteiger partial charge < -0.3 is 9.72 Å². The molecule has 0 saturated carbocycles.